The molecule has 11 nitrogen and oxygen atoms in total. The van der Waals surface area contributed by atoms with Crippen molar-refractivity contribution in [2.45, 2.75) is 29.6 Å². The summed E-state index contributed by atoms with van der Waals surface area (Å²) in [6.07, 6.45) is -3.28. The minimum atomic E-state index is -1.93. The summed E-state index contributed by atoms with van der Waals surface area (Å²) in [6, 6.07) is 0. The van der Waals surface area contributed by atoms with Gasteiger partial charge < -0.3 is 25.8 Å². The lowest BCUT2D eigenvalue weighted by Gasteiger charge is -2.16. The number of anilines is 1. The Morgan fingerprint density at radius 2 is 2.09 bits per heavy atom. The van der Waals surface area contributed by atoms with E-state index in [4.69, 9.17) is 20.7 Å². The first kappa shape index (κ1) is 15.2. The highest BCUT2D eigenvalue weighted by molar-refractivity contribution is 7.82. The van der Waals surface area contributed by atoms with Crippen LogP contribution < -0.4 is 10.9 Å². The molecule has 2 aromatic heterocycles. The Kier molecular flexibility index (Phi) is 3.80. The van der Waals surface area contributed by atoms with E-state index < -0.39 is 42.1 Å². The third-order valence-electron chi connectivity index (χ3n) is 3.39. The van der Waals surface area contributed by atoms with Gasteiger partial charge in [0.2, 0.25) is 5.95 Å². The van der Waals surface area contributed by atoms with E-state index in [1.165, 1.54) is 10.9 Å². The predicted molar refractivity (Wildman–Crippen MR) is 73.3 cm³/mol. The molecule has 0 unspecified atom stereocenters. The van der Waals surface area contributed by atoms with E-state index >= 15 is 0 Å². The SMILES string of the molecule is Nc1nc([S@](N)=O)c2ncn([C@H]3O[C@H](CO)[C@@H](O)[C@H]3O)c2n1. The molecular weight excluding hydrogens is 316 g/mol. The largest absolute Gasteiger partial charge is 0.394 e. The number of aliphatic hydroxyl groups excluding tert-OH is 3. The molecule has 0 bridgehead atoms. The van der Waals surface area contributed by atoms with E-state index in [0.717, 1.165) is 0 Å². The van der Waals surface area contributed by atoms with Gasteiger partial charge in [-0.2, -0.15) is 4.98 Å². The van der Waals surface area contributed by atoms with Crippen LogP contribution in [0.3, 0.4) is 0 Å². The summed E-state index contributed by atoms with van der Waals surface area (Å²) in [7, 11) is -1.93. The third kappa shape index (κ3) is 2.25. The fourth-order valence-electron chi connectivity index (χ4n) is 2.34. The first-order chi connectivity index (χ1) is 10.4. The van der Waals surface area contributed by atoms with Gasteiger partial charge in [0.1, 0.15) is 34.8 Å². The zero-order valence-corrected chi connectivity index (χ0v) is 11.9. The van der Waals surface area contributed by atoms with Gasteiger partial charge in [0.05, 0.1) is 12.9 Å². The molecule has 0 aromatic carbocycles. The molecule has 0 radical (unpaired) electrons. The number of hydrogen-bond donors (Lipinski definition) is 5. The Balaban J connectivity index is 2.11. The van der Waals surface area contributed by atoms with Crippen LogP contribution in [0.15, 0.2) is 11.4 Å². The number of aliphatic hydroxyl groups is 3. The Morgan fingerprint density at radius 1 is 1.36 bits per heavy atom. The van der Waals surface area contributed by atoms with Crippen molar-refractivity contribution in [2.24, 2.45) is 5.14 Å². The Labute approximate surface area is 126 Å². The highest BCUT2D eigenvalue weighted by atomic mass is 32.2. The zero-order chi connectivity index (χ0) is 16.0. The van der Waals surface area contributed by atoms with Crippen LogP contribution in [-0.2, 0) is 15.7 Å². The maximum atomic E-state index is 11.5. The predicted octanol–water partition coefficient (Wildman–Crippen LogP) is -3.00. The van der Waals surface area contributed by atoms with Crippen molar-refractivity contribution in [1.29, 1.82) is 0 Å². The number of nitrogens with two attached hydrogens (primary N) is 2. The number of nitrogen functional groups attached to an aromatic ring is 1. The van der Waals surface area contributed by atoms with Crippen LogP contribution in [0.2, 0.25) is 0 Å². The van der Waals surface area contributed by atoms with Crippen LogP contribution in [-0.4, -0.2) is 64.0 Å². The summed E-state index contributed by atoms with van der Waals surface area (Å²) >= 11 is 0. The molecule has 0 amide bonds. The summed E-state index contributed by atoms with van der Waals surface area (Å²) in [6.45, 7) is -0.462. The van der Waals surface area contributed by atoms with Gasteiger partial charge in [0.25, 0.3) is 0 Å². The first-order valence-corrected chi connectivity index (χ1v) is 7.44. The summed E-state index contributed by atoms with van der Waals surface area (Å²) in [4.78, 5) is 11.8. The Morgan fingerprint density at radius 3 is 2.68 bits per heavy atom. The van der Waals surface area contributed by atoms with Crippen molar-refractivity contribution in [3.05, 3.63) is 6.33 Å². The smallest absolute Gasteiger partial charge is 0.223 e. The van der Waals surface area contributed by atoms with E-state index in [1.807, 2.05) is 0 Å². The monoisotopic (exact) mass is 330 g/mol. The molecule has 22 heavy (non-hydrogen) atoms. The summed E-state index contributed by atoms with van der Waals surface area (Å²) in [5.41, 5.74) is 5.85. The molecule has 3 heterocycles. The number of rotatable bonds is 3. The van der Waals surface area contributed by atoms with Crippen molar-refractivity contribution in [3.8, 4) is 0 Å². The average molecular weight is 330 g/mol. The van der Waals surface area contributed by atoms with E-state index in [1.54, 1.807) is 0 Å². The second-order valence-electron chi connectivity index (χ2n) is 4.74. The topological polar surface area (TPSA) is 183 Å². The molecule has 0 saturated carbocycles. The minimum Gasteiger partial charge on any atom is -0.394 e. The summed E-state index contributed by atoms with van der Waals surface area (Å²) in [5.74, 6) is -0.171. The van der Waals surface area contributed by atoms with E-state index in [0.29, 0.717) is 0 Å². The third-order valence-corrected chi connectivity index (χ3v) is 4.05. The molecule has 1 aliphatic heterocycles. The summed E-state index contributed by atoms with van der Waals surface area (Å²) in [5, 5.41) is 34.2. The van der Waals surface area contributed by atoms with Gasteiger partial charge >= 0.3 is 0 Å². The fourth-order valence-corrected chi connectivity index (χ4v) is 2.86. The molecule has 1 saturated heterocycles. The standard InChI is InChI=1S/C10H14N6O5S/c11-10-14-7-4(8(15-10)22(12)20)13-2-16(7)9-6(19)5(18)3(1-17)21-9/h2-3,5-6,9,17-19H,1,12H2,(H2,11,14,15)/t3-,5-,6-,9+,22-/m1/s1. The molecule has 2 aromatic rings. The van der Waals surface area contributed by atoms with E-state index in [9.17, 15) is 14.4 Å². The second-order valence-corrected chi connectivity index (χ2v) is 5.72. The van der Waals surface area contributed by atoms with Gasteiger partial charge in [-0.1, -0.05) is 0 Å². The van der Waals surface area contributed by atoms with Gasteiger partial charge in [0.15, 0.2) is 16.9 Å². The molecule has 1 aliphatic rings. The molecular formula is C10H14N6O5S. The van der Waals surface area contributed by atoms with E-state index in [-0.39, 0.29) is 22.1 Å². The lowest BCUT2D eigenvalue weighted by Crippen LogP contribution is -2.33. The molecule has 1 fully saturated rings. The highest BCUT2D eigenvalue weighted by Crippen LogP contribution is 2.31. The first-order valence-electron chi connectivity index (χ1n) is 6.22. The molecule has 12 heteroatoms. The Bertz CT molecular complexity index is 738. The van der Waals surface area contributed by atoms with Crippen LogP contribution in [0, 0.1) is 0 Å². The number of imidazole rings is 1. The number of ether oxygens (including phenoxy) is 1. The van der Waals surface area contributed by atoms with Crippen molar-refractivity contribution in [2.75, 3.05) is 12.3 Å². The molecule has 0 spiro atoms. The van der Waals surface area contributed by atoms with Crippen LogP contribution in [0.25, 0.3) is 11.2 Å². The van der Waals surface area contributed by atoms with Crippen LogP contribution in [0.5, 0.6) is 0 Å². The van der Waals surface area contributed by atoms with Gasteiger partial charge in [-0.25, -0.2) is 19.3 Å². The van der Waals surface area contributed by atoms with Gasteiger partial charge in [-0.3, -0.25) is 4.57 Å². The number of nitrogens with zero attached hydrogens (tertiary/aromatic N) is 4. The normalized spacial score (nSPS) is 30.0. The summed E-state index contributed by atoms with van der Waals surface area (Å²) < 4.78 is 18.2. The van der Waals surface area contributed by atoms with Crippen LogP contribution >= 0.6 is 0 Å². The average Bonchev–Trinajstić information content (AvgIpc) is 3.00. The molecule has 3 rings (SSSR count). The molecule has 120 valence electrons. The zero-order valence-electron chi connectivity index (χ0n) is 11.1. The van der Waals surface area contributed by atoms with Gasteiger partial charge in [0, 0.05) is 0 Å². The molecule has 7 N–H and O–H groups in total. The van der Waals surface area contributed by atoms with Crippen LogP contribution in [0.1, 0.15) is 6.23 Å². The lowest BCUT2D eigenvalue weighted by molar-refractivity contribution is -0.0511. The maximum absolute atomic E-state index is 11.5. The van der Waals surface area contributed by atoms with Crippen LogP contribution in [0.4, 0.5) is 5.95 Å². The quantitative estimate of drug-likeness (QED) is 0.366. The molecule has 0 aliphatic carbocycles. The number of hydrogen-bond acceptors (Lipinski definition) is 9. The minimum absolute atomic E-state index is 0.0482. The van der Waals surface area contributed by atoms with Crippen molar-refractivity contribution < 1.29 is 24.3 Å². The number of aromatic nitrogens is 4. The van der Waals surface area contributed by atoms with Crippen molar-refractivity contribution in [3.63, 3.8) is 0 Å². The second kappa shape index (κ2) is 5.49. The lowest BCUT2D eigenvalue weighted by atomic mass is 10.1. The van der Waals surface area contributed by atoms with Gasteiger partial charge in [-0.05, 0) is 0 Å². The fraction of sp³-hybridized carbons (Fsp3) is 0.500. The Hall–Kier alpha value is -1.70. The van der Waals surface area contributed by atoms with Crippen molar-refractivity contribution in [1.82, 2.24) is 19.5 Å². The molecule has 5 atom stereocenters. The number of fused-ring (bicyclic) bond motifs is 1. The maximum Gasteiger partial charge on any atom is 0.223 e. The van der Waals surface area contributed by atoms with E-state index in [2.05, 4.69) is 15.0 Å². The highest BCUT2D eigenvalue weighted by Gasteiger charge is 2.44. The van der Waals surface area contributed by atoms with Crippen molar-refractivity contribution >= 4 is 28.1 Å². The van der Waals surface area contributed by atoms with Gasteiger partial charge in [-0.15, -0.1) is 0 Å².